The van der Waals surface area contributed by atoms with Crippen molar-refractivity contribution in [3.63, 3.8) is 0 Å². The summed E-state index contributed by atoms with van der Waals surface area (Å²) in [5.74, 6) is -0.0719. The van der Waals surface area contributed by atoms with Gasteiger partial charge in [-0.2, -0.15) is 0 Å². The number of ether oxygens (including phenoxy) is 1. The number of carbonyl (C=O) groups excluding carboxylic acids is 2. The van der Waals surface area contributed by atoms with Crippen molar-refractivity contribution in [3.05, 3.63) is 52.2 Å². The molecule has 1 aromatic heterocycles. The Morgan fingerprint density at radius 1 is 1.23 bits per heavy atom. The van der Waals surface area contributed by atoms with Crippen LogP contribution >= 0.6 is 11.3 Å². The van der Waals surface area contributed by atoms with Crippen molar-refractivity contribution in [1.82, 2.24) is 5.32 Å². The fourth-order valence-corrected chi connectivity index (χ4v) is 3.40. The van der Waals surface area contributed by atoms with Crippen LogP contribution in [0, 0.1) is 5.92 Å². The van der Waals surface area contributed by atoms with Gasteiger partial charge in [-0.15, -0.1) is 11.3 Å². The van der Waals surface area contributed by atoms with Crippen molar-refractivity contribution < 1.29 is 14.3 Å². The maximum atomic E-state index is 12.0. The fraction of sp³-hybridized carbons (Fsp3) is 0.400. The van der Waals surface area contributed by atoms with E-state index in [2.05, 4.69) is 11.4 Å². The highest BCUT2D eigenvalue weighted by atomic mass is 32.1. The first-order valence-electron chi connectivity index (χ1n) is 8.88. The van der Waals surface area contributed by atoms with E-state index in [0.29, 0.717) is 19.4 Å². The average molecular weight is 375 g/mol. The molecule has 0 spiro atoms. The van der Waals surface area contributed by atoms with Crippen LogP contribution in [0.4, 0.5) is 0 Å². The van der Waals surface area contributed by atoms with Crippen LogP contribution in [0.2, 0.25) is 0 Å². The molecule has 0 fully saturated rings. The van der Waals surface area contributed by atoms with E-state index in [-0.39, 0.29) is 12.5 Å². The summed E-state index contributed by atoms with van der Waals surface area (Å²) in [4.78, 5) is 25.0. The number of nitrogens with two attached hydrogens (primary N) is 1. The molecule has 2 rings (SSSR count). The van der Waals surface area contributed by atoms with Gasteiger partial charge in [0.1, 0.15) is 5.75 Å². The summed E-state index contributed by atoms with van der Waals surface area (Å²) in [7, 11) is 0. The van der Waals surface area contributed by atoms with E-state index in [0.717, 1.165) is 24.2 Å². The highest BCUT2D eigenvalue weighted by molar-refractivity contribution is 7.09. The van der Waals surface area contributed by atoms with Gasteiger partial charge in [-0.05, 0) is 55.3 Å². The molecular formula is C20H26N2O3S. The molecule has 0 bridgehead atoms. The highest BCUT2D eigenvalue weighted by Crippen LogP contribution is 2.15. The minimum atomic E-state index is -0.422. The number of primary amides is 1. The molecule has 0 saturated carbocycles. The summed E-state index contributed by atoms with van der Waals surface area (Å²) in [5, 5.41) is 4.87. The lowest BCUT2D eigenvalue weighted by Crippen LogP contribution is -2.37. The van der Waals surface area contributed by atoms with E-state index in [4.69, 9.17) is 10.5 Å². The largest absolute Gasteiger partial charge is 0.494 e. The first kappa shape index (κ1) is 20.0. The van der Waals surface area contributed by atoms with E-state index in [1.165, 1.54) is 4.88 Å². The van der Waals surface area contributed by atoms with Crippen LogP contribution in [0.1, 0.15) is 30.2 Å². The van der Waals surface area contributed by atoms with Gasteiger partial charge in [0.25, 0.3) is 0 Å². The molecule has 0 radical (unpaired) electrons. The van der Waals surface area contributed by atoms with E-state index in [1.54, 1.807) is 11.3 Å². The van der Waals surface area contributed by atoms with Gasteiger partial charge >= 0.3 is 0 Å². The van der Waals surface area contributed by atoms with Gasteiger partial charge < -0.3 is 15.8 Å². The van der Waals surface area contributed by atoms with E-state index in [1.807, 2.05) is 42.6 Å². The molecule has 3 N–H and O–H groups in total. The molecule has 5 nitrogen and oxygen atoms in total. The number of hydrogen-bond acceptors (Lipinski definition) is 4. The number of aryl methyl sites for hydroxylation is 1. The second-order valence-electron chi connectivity index (χ2n) is 6.12. The Morgan fingerprint density at radius 2 is 2.00 bits per heavy atom. The topological polar surface area (TPSA) is 81.4 Å². The monoisotopic (exact) mass is 374 g/mol. The minimum absolute atomic E-state index is 0.0421. The first-order chi connectivity index (χ1) is 12.6. The molecule has 1 aromatic carbocycles. The maximum Gasteiger partial charge on any atom is 0.222 e. The van der Waals surface area contributed by atoms with Gasteiger partial charge in [-0.1, -0.05) is 18.2 Å². The summed E-state index contributed by atoms with van der Waals surface area (Å²) in [6.45, 7) is 2.81. The van der Waals surface area contributed by atoms with Crippen LogP contribution in [-0.2, 0) is 22.4 Å². The zero-order chi connectivity index (χ0) is 18.8. The van der Waals surface area contributed by atoms with Crippen LogP contribution in [-0.4, -0.2) is 25.0 Å². The van der Waals surface area contributed by atoms with Gasteiger partial charge in [-0.25, -0.2) is 0 Å². The van der Waals surface area contributed by atoms with Crippen LogP contribution in [0.5, 0.6) is 5.75 Å². The Balaban J connectivity index is 1.76. The molecule has 0 aliphatic heterocycles. The van der Waals surface area contributed by atoms with Crippen LogP contribution in [0.3, 0.4) is 0 Å². The van der Waals surface area contributed by atoms with Crippen LogP contribution < -0.4 is 15.8 Å². The van der Waals surface area contributed by atoms with E-state index < -0.39 is 11.8 Å². The van der Waals surface area contributed by atoms with Crippen LogP contribution in [0.15, 0.2) is 41.8 Å². The molecule has 0 saturated heterocycles. The van der Waals surface area contributed by atoms with Crippen molar-refractivity contribution in [2.45, 2.75) is 32.6 Å². The van der Waals surface area contributed by atoms with Crippen molar-refractivity contribution in [2.24, 2.45) is 11.7 Å². The molecule has 6 heteroatoms. The number of hydrogen-bond donors (Lipinski definition) is 2. The molecule has 2 aromatic rings. The predicted molar refractivity (Wildman–Crippen MR) is 104 cm³/mol. The normalized spacial score (nSPS) is 11.7. The van der Waals surface area contributed by atoms with Crippen molar-refractivity contribution >= 4 is 23.2 Å². The van der Waals surface area contributed by atoms with Crippen molar-refractivity contribution in [3.8, 4) is 5.75 Å². The Morgan fingerprint density at radius 3 is 2.62 bits per heavy atom. The molecule has 26 heavy (non-hydrogen) atoms. The van der Waals surface area contributed by atoms with Gasteiger partial charge in [0.2, 0.25) is 11.8 Å². The maximum absolute atomic E-state index is 12.0. The summed E-state index contributed by atoms with van der Waals surface area (Å²) in [6.07, 6.45) is 2.65. The predicted octanol–water partition coefficient (Wildman–Crippen LogP) is 2.93. The molecule has 0 aliphatic carbocycles. The third-order valence-corrected chi connectivity index (χ3v) is 5.01. The lowest BCUT2D eigenvalue weighted by Gasteiger charge is -2.15. The third-order valence-electron chi connectivity index (χ3n) is 4.07. The molecule has 0 aliphatic rings. The Hall–Kier alpha value is -2.34. The lowest BCUT2D eigenvalue weighted by molar-refractivity contribution is -0.123. The number of amides is 2. The Labute approximate surface area is 158 Å². The lowest BCUT2D eigenvalue weighted by atomic mass is 9.98. The van der Waals surface area contributed by atoms with E-state index in [9.17, 15) is 9.59 Å². The molecular weight excluding hydrogens is 348 g/mol. The standard InChI is InChI=1S/C20H26N2O3S/c1-2-25-17-10-8-15(9-11-17)13-16(20(21)24)14-22-19(23)7-3-5-18-6-4-12-26-18/h4,6,8-12,16H,2-3,5,7,13-14H2,1H3,(H2,21,24)(H,22,23)/t16-/m0/s1. The molecule has 1 heterocycles. The number of benzene rings is 1. The van der Waals surface area contributed by atoms with Gasteiger partial charge in [0, 0.05) is 17.8 Å². The molecule has 0 unspecified atom stereocenters. The highest BCUT2D eigenvalue weighted by Gasteiger charge is 2.17. The number of rotatable bonds is 11. The summed E-state index contributed by atoms with van der Waals surface area (Å²) >= 11 is 1.70. The second-order valence-corrected chi connectivity index (χ2v) is 7.15. The number of carbonyl (C=O) groups is 2. The molecule has 2 amide bonds. The third kappa shape index (κ3) is 6.88. The van der Waals surface area contributed by atoms with Gasteiger partial charge in [0.15, 0.2) is 0 Å². The molecule has 1 atom stereocenters. The summed E-state index contributed by atoms with van der Waals surface area (Å²) < 4.78 is 5.41. The van der Waals surface area contributed by atoms with Gasteiger partial charge in [0.05, 0.1) is 12.5 Å². The number of thiophene rings is 1. The zero-order valence-electron chi connectivity index (χ0n) is 15.1. The minimum Gasteiger partial charge on any atom is -0.494 e. The first-order valence-corrected chi connectivity index (χ1v) is 9.76. The summed E-state index contributed by atoms with van der Waals surface area (Å²) in [5.41, 5.74) is 6.49. The summed E-state index contributed by atoms with van der Waals surface area (Å²) in [6, 6.07) is 11.7. The van der Waals surface area contributed by atoms with Gasteiger partial charge in [-0.3, -0.25) is 9.59 Å². The quantitative estimate of drug-likeness (QED) is 0.634. The number of nitrogens with one attached hydrogen (secondary N) is 1. The Bertz CT molecular complexity index is 684. The zero-order valence-corrected chi connectivity index (χ0v) is 15.9. The smallest absolute Gasteiger partial charge is 0.222 e. The second kappa shape index (κ2) is 10.6. The molecule has 140 valence electrons. The Kier molecular flexibility index (Phi) is 8.15. The van der Waals surface area contributed by atoms with Crippen molar-refractivity contribution in [1.29, 1.82) is 0 Å². The van der Waals surface area contributed by atoms with Crippen molar-refractivity contribution in [2.75, 3.05) is 13.2 Å². The fourth-order valence-electron chi connectivity index (χ4n) is 2.65. The average Bonchev–Trinajstić information content (AvgIpc) is 3.13. The van der Waals surface area contributed by atoms with Crippen LogP contribution in [0.25, 0.3) is 0 Å². The SMILES string of the molecule is CCOc1ccc(C[C@@H](CNC(=O)CCCc2cccs2)C(N)=O)cc1. The van der Waals surface area contributed by atoms with E-state index >= 15 is 0 Å².